The molecule has 1 N–H and O–H groups in total. The van der Waals surface area contributed by atoms with Crippen LogP contribution in [-0.2, 0) is 19.1 Å². The number of aliphatic hydroxyl groups excluding tert-OH is 1. The highest BCUT2D eigenvalue weighted by molar-refractivity contribution is 5.82. The average molecular weight is 597 g/mol. The van der Waals surface area contributed by atoms with Crippen LogP contribution in [0.4, 0.5) is 0 Å². The first-order valence-electron chi connectivity index (χ1n) is 14.7. The highest BCUT2D eigenvalue weighted by Gasteiger charge is 2.32. The van der Waals surface area contributed by atoms with Gasteiger partial charge in [-0.05, 0) is 81.0 Å². The first-order chi connectivity index (χ1) is 20.9. The molecule has 0 amide bonds. The van der Waals surface area contributed by atoms with Gasteiger partial charge in [0, 0.05) is 6.08 Å². The van der Waals surface area contributed by atoms with Gasteiger partial charge in [-0.3, -0.25) is 14.4 Å². The quantitative estimate of drug-likeness (QED) is 0.0579. The van der Waals surface area contributed by atoms with Gasteiger partial charge in [0.25, 0.3) is 0 Å². The Morgan fingerprint density at radius 2 is 1.28 bits per heavy atom. The van der Waals surface area contributed by atoms with Crippen LogP contribution in [0, 0.1) is 11.8 Å². The minimum absolute atomic E-state index is 0.163. The fourth-order valence-electron chi connectivity index (χ4n) is 4.78. The summed E-state index contributed by atoms with van der Waals surface area (Å²) in [6.45, 7) is 3.83. The number of aldehydes is 1. The van der Waals surface area contributed by atoms with Gasteiger partial charge in [0.05, 0.1) is 30.6 Å². The van der Waals surface area contributed by atoms with Crippen LogP contribution in [0.2, 0.25) is 0 Å². The van der Waals surface area contributed by atoms with Crippen LogP contribution in [0.5, 0.6) is 23.0 Å². The molecule has 0 aromatic heterocycles. The number of benzene rings is 2. The minimum atomic E-state index is -0.575. The van der Waals surface area contributed by atoms with Gasteiger partial charge < -0.3 is 28.8 Å². The van der Waals surface area contributed by atoms with Gasteiger partial charge in [0.1, 0.15) is 23.0 Å². The van der Waals surface area contributed by atoms with Crippen molar-refractivity contribution in [3.63, 3.8) is 0 Å². The van der Waals surface area contributed by atoms with Crippen molar-refractivity contribution in [2.24, 2.45) is 11.8 Å². The number of ether oxygens (including phenoxy) is 5. The van der Waals surface area contributed by atoms with E-state index in [1.807, 2.05) is 0 Å². The first-order valence-corrected chi connectivity index (χ1v) is 14.7. The first kappa shape index (κ1) is 33.3. The molecule has 10 heteroatoms. The summed E-state index contributed by atoms with van der Waals surface area (Å²) in [5.41, 5.74) is 0.163. The number of carbonyl (C=O) groups is 4. The molecule has 2 aromatic rings. The number of unbranched alkanes of at least 4 members (excludes halogenated alkanes) is 5. The molecule has 0 spiro atoms. The second-order valence-corrected chi connectivity index (χ2v) is 10.3. The smallest absolute Gasteiger partial charge is 0.330 e. The van der Waals surface area contributed by atoms with Crippen LogP contribution in [0.1, 0.15) is 74.6 Å². The van der Waals surface area contributed by atoms with Crippen molar-refractivity contribution >= 4 is 24.2 Å². The summed E-state index contributed by atoms with van der Waals surface area (Å²) in [6.07, 6.45) is 9.75. The lowest BCUT2D eigenvalue weighted by atomic mass is 9.82. The van der Waals surface area contributed by atoms with E-state index in [1.165, 1.54) is 24.3 Å². The molecule has 0 radical (unpaired) electrons. The fourth-order valence-corrected chi connectivity index (χ4v) is 4.78. The fraction of sp³-hybridized carbons (Fsp3) is 0.455. The van der Waals surface area contributed by atoms with Gasteiger partial charge in [-0.2, -0.15) is 0 Å². The monoisotopic (exact) mass is 596 g/mol. The summed E-state index contributed by atoms with van der Waals surface area (Å²) in [4.78, 5) is 47.6. The Hall–Kier alpha value is -4.18. The Balaban J connectivity index is 1.30. The SMILES string of the molecule is C=CC(=O)OCCCCCCCCOc1ccc(OC(=O)[C@H]2CC[C@H](C(=O)Oc3ccc(OCO)c(C=O)c3)CC2)cc1. The maximum absolute atomic E-state index is 12.7. The second-order valence-electron chi connectivity index (χ2n) is 10.3. The molecule has 1 fully saturated rings. The van der Waals surface area contributed by atoms with Gasteiger partial charge in [-0.15, -0.1) is 0 Å². The van der Waals surface area contributed by atoms with Gasteiger partial charge in [-0.25, -0.2) is 4.79 Å². The van der Waals surface area contributed by atoms with Crippen LogP contribution < -0.4 is 18.9 Å². The maximum atomic E-state index is 12.7. The molecular formula is C33H40O10. The largest absolute Gasteiger partial charge is 0.494 e. The van der Waals surface area contributed by atoms with E-state index in [0.29, 0.717) is 56.7 Å². The number of hydrogen-bond donors (Lipinski definition) is 1. The predicted molar refractivity (Wildman–Crippen MR) is 157 cm³/mol. The van der Waals surface area contributed by atoms with E-state index in [0.717, 1.165) is 38.5 Å². The molecule has 10 nitrogen and oxygen atoms in total. The van der Waals surface area contributed by atoms with E-state index in [1.54, 1.807) is 24.3 Å². The van der Waals surface area contributed by atoms with E-state index < -0.39 is 12.8 Å². The summed E-state index contributed by atoms with van der Waals surface area (Å²) in [5.74, 6) is -0.231. The number of aliphatic hydroxyl groups is 1. The topological polar surface area (TPSA) is 135 Å². The Morgan fingerprint density at radius 1 is 0.744 bits per heavy atom. The Bertz CT molecular complexity index is 1200. The lowest BCUT2D eigenvalue weighted by Gasteiger charge is -2.25. The van der Waals surface area contributed by atoms with Crippen molar-refractivity contribution in [2.45, 2.75) is 64.2 Å². The molecule has 0 bridgehead atoms. The number of rotatable bonds is 18. The van der Waals surface area contributed by atoms with E-state index in [2.05, 4.69) is 6.58 Å². The Labute approximate surface area is 251 Å². The standard InChI is InChI=1S/C33H40O10/c1-2-31(36)40-20-8-6-4-3-5-7-19-39-27-13-15-28(16-14-27)42-32(37)24-9-11-25(12-10-24)33(38)43-29-17-18-30(41-23-35)26(21-29)22-34/h2,13-18,21-22,24-25,35H,1,3-12,19-20,23H2/t24-,25-. The zero-order chi connectivity index (χ0) is 30.9. The average Bonchev–Trinajstić information content (AvgIpc) is 3.03. The second kappa shape index (κ2) is 18.4. The molecule has 43 heavy (non-hydrogen) atoms. The maximum Gasteiger partial charge on any atom is 0.330 e. The highest BCUT2D eigenvalue weighted by atomic mass is 16.6. The summed E-state index contributed by atoms with van der Waals surface area (Å²) in [5, 5.41) is 8.89. The van der Waals surface area contributed by atoms with Crippen molar-refractivity contribution in [1.82, 2.24) is 0 Å². The van der Waals surface area contributed by atoms with E-state index in [-0.39, 0.29) is 40.8 Å². The number of esters is 3. The normalized spacial score (nSPS) is 16.0. The molecule has 0 atom stereocenters. The van der Waals surface area contributed by atoms with Gasteiger partial charge >= 0.3 is 17.9 Å². The zero-order valence-electron chi connectivity index (χ0n) is 24.4. The van der Waals surface area contributed by atoms with Gasteiger partial charge in [0.2, 0.25) is 0 Å². The summed E-state index contributed by atoms with van der Waals surface area (Å²) >= 11 is 0. The number of carbonyl (C=O) groups excluding carboxylic acids is 4. The highest BCUT2D eigenvalue weighted by Crippen LogP contribution is 2.32. The zero-order valence-corrected chi connectivity index (χ0v) is 24.4. The number of hydrogen-bond acceptors (Lipinski definition) is 10. The Kier molecular flexibility index (Phi) is 14.2. The third-order valence-corrected chi connectivity index (χ3v) is 7.20. The van der Waals surface area contributed by atoms with Crippen LogP contribution >= 0.6 is 0 Å². The third-order valence-electron chi connectivity index (χ3n) is 7.20. The summed E-state index contributed by atoms with van der Waals surface area (Å²) < 4.78 is 26.7. The van der Waals surface area contributed by atoms with Crippen molar-refractivity contribution in [2.75, 3.05) is 20.0 Å². The van der Waals surface area contributed by atoms with Crippen LogP contribution in [0.3, 0.4) is 0 Å². The molecule has 0 aliphatic heterocycles. The molecular weight excluding hydrogens is 556 g/mol. The lowest BCUT2D eigenvalue weighted by molar-refractivity contribution is -0.145. The molecule has 0 saturated heterocycles. The van der Waals surface area contributed by atoms with Crippen LogP contribution in [0.25, 0.3) is 0 Å². The summed E-state index contributed by atoms with van der Waals surface area (Å²) in [7, 11) is 0. The van der Waals surface area contributed by atoms with Crippen molar-refractivity contribution in [3.8, 4) is 23.0 Å². The van der Waals surface area contributed by atoms with Crippen molar-refractivity contribution < 1.29 is 48.0 Å². The molecule has 0 unspecified atom stereocenters. The van der Waals surface area contributed by atoms with Crippen molar-refractivity contribution in [1.29, 1.82) is 0 Å². The predicted octanol–water partition coefficient (Wildman–Crippen LogP) is 5.59. The molecule has 1 aliphatic carbocycles. The van der Waals surface area contributed by atoms with Crippen LogP contribution in [0.15, 0.2) is 55.1 Å². The summed E-state index contributed by atoms with van der Waals surface area (Å²) in [6, 6.07) is 11.3. The van der Waals surface area contributed by atoms with Crippen LogP contribution in [-0.4, -0.2) is 49.3 Å². The molecule has 232 valence electrons. The third kappa shape index (κ3) is 11.5. The molecule has 1 saturated carbocycles. The minimum Gasteiger partial charge on any atom is -0.494 e. The van der Waals surface area contributed by atoms with E-state index in [4.69, 9.17) is 28.8 Å². The lowest BCUT2D eigenvalue weighted by Crippen LogP contribution is -2.30. The van der Waals surface area contributed by atoms with E-state index in [9.17, 15) is 19.2 Å². The molecule has 3 rings (SSSR count). The molecule has 2 aromatic carbocycles. The van der Waals surface area contributed by atoms with E-state index >= 15 is 0 Å². The van der Waals surface area contributed by atoms with Gasteiger partial charge in [0.15, 0.2) is 13.1 Å². The molecule has 0 heterocycles. The van der Waals surface area contributed by atoms with Crippen molar-refractivity contribution in [3.05, 3.63) is 60.7 Å². The Morgan fingerprint density at radius 3 is 1.86 bits per heavy atom. The molecule has 1 aliphatic rings. The van der Waals surface area contributed by atoms with Gasteiger partial charge in [-0.1, -0.05) is 32.3 Å².